The van der Waals surface area contributed by atoms with Gasteiger partial charge in [-0.1, -0.05) is 54.1 Å². The minimum atomic E-state index is -0.0132. The molecule has 2 amide bonds. The molecule has 0 bridgehead atoms. The van der Waals surface area contributed by atoms with Crippen LogP contribution < -0.4 is 10.6 Å². The lowest BCUT2D eigenvalue weighted by Gasteiger charge is -2.34. The van der Waals surface area contributed by atoms with E-state index >= 15 is 0 Å². The fourth-order valence-corrected chi connectivity index (χ4v) is 5.27. The highest BCUT2D eigenvalue weighted by Crippen LogP contribution is 2.26. The molecule has 0 aliphatic carbocycles. The lowest BCUT2D eigenvalue weighted by Crippen LogP contribution is -2.52. The molecule has 2 aromatic carbocycles. The molecule has 184 valence electrons. The van der Waals surface area contributed by atoms with E-state index in [1.54, 1.807) is 11.3 Å². The first-order valence-corrected chi connectivity index (χ1v) is 13.0. The molecule has 2 heterocycles. The minimum Gasteiger partial charge on any atom is -0.339 e. The summed E-state index contributed by atoms with van der Waals surface area (Å²) in [5.74, 6) is 0.0824. The molecule has 6 nitrogen and oxygen atoms in total. The molecule has 2 N–H and O–H groups in total. The standard InChI is InChI=1S/C28H34N4O2S/c1-20-9-11-23(12-10-20)28(24-8-5-17-35-24)29-18-26(34)32-15-13-31(14-16-32)19-25(33)30-27-21(2)6-4-7-22(27)3/h4-12,17,28-29H,13-16,18-19H2,1-3H3,(H,30,33)/t28-/m1/s1. The Morgan fingerprint density at radius 3 is 2.23 bits per heavy atom. The molecule has 1 aliphatic rings. The summed E-state index contributed by atoms with van der Waals surface area (Å²) in [5, 5.41) is 8.60. The molecule has 0 radical (unpaired) electrons. The zero-order chi connectivity index (χ0) is 24.8. The van der Waals surface area contributed by atoms with Crippen LogP contribution in [0.25, 0.3) is 0 Å². The summed E-state index contributed by atoms with van der Waals surface area (Å²) in [6.45, 7) is 9.35. The number of nitrogens with one attached hydrogen (secondary N) is 2. The van der Waals surface area contributed by atoms with Crippen LogP contribution in [0.4, 0.5) is 5.69 Å². The molecule has 1 saturated heterocycles. The lowest BCUT2D eigenvalue weighted by molar-refractivity contribution is -0.132. The third kappa shape index (κ3) is 6.57. The molecule has 0 spiro atoms. The summed E-state index contributed by atoms with van der Waals surface area (Å²) in [4.78, 5) is 30.8. The van der Waals surface area contributed by atoms with Crippen LogP contribution in [0.3, 0.4) is 0 Å². The Morgan fingerprint density at radius 1 is 0.914 bits per heavy atom. The fourth-order valence-electron chi connectivity index (χ4n) is 4.45. The molecule has 4 rings (SSSR count). The third-order valence-corrected chi connectivity index (χ3v) is 7.47. The Hall–Kier alpha value is -3.00. The maximum absolute atomic E-state index is 13.0. The second kappa shape index (κ2) is 11.6. The molecule has 1 atom stereocenters. The first-order chi connectivity index (χ1) is 16.9. The van der Waals surface area contributed by atoms with Gasteiger partial charge in [-0.25, -0.2) is 0 Å². The third-order valence-electron chi connectivity index (χ3n) is 6.53. The number of anilines is 1. The first kappa shape index (κ1) is 25.1. The van der Waals surface area contributed by atoms with Crippen molar-refractivity contribution in [2.45, 2.75) is 26.8 Å². The van der Waals surface area contributed by atoms with Crippen LogP contribution in [0.1, 0.15) is 33.2 Å². The van der Waals surface area contributed by atoms with E-state index in [1.165, 1.54) is 10.4 Å². The maximum Gasteiger partial charge on any atom is 0.238 e. The number of piperazine rings is 1. The van der Waals surface area contributed by atoms with Gasteiger partial charge in [0.05, 0.1) is 19.1 Å². The number of rotatable bonds is 8. The van der Waals surface area contributed by atoms with Gasteiger partial charge < -0.3 is 10.2 Å². The molecule has 3 aromatic rings. The van der Waals surface area contributed by atoms with E-state index in [9.17, 15) is 9.59 Å². The molecule has 1 fully saturated rings. The monoisotopic (exact) mass is 490 g/mol. The molecule has 1 aliphatic heterocycles. The SMILES string of the molecule is Cc1ccc([C@@H](NCC(=O)N2CCN(CC(=O)Nc3c(C)cccc3C)CC2)c2cccs2)cc1. The van der Waals surface area contributed by atoms with E-state index in [4.69, 9.17) is 0 Å². The quantitative estimate of drug-likeness (QED) is 0.498. The van der Waals surface area contributed by atoms with Crippen molar-refractivity contribution in [2.75, 3.05) is 44.6 Å². The van der Waals surface area contributed by atoms with Crippen LogP contribution in [0, 0.1) is 20.8 Å². The number of carbonyl (C=O) groups excluding carboxylic acids is 2. The van der Waals surface area contributed by atoms with Crippen LogP contribution in [0.2, 0.25) is 0 Å². The van der Waals surface area contributed by atoms with Crippen molar-refractivity contribution in [3.05, 3.63) is 87.1 Å². The average molecular weight is 491 g/mol. The zero-order valence-corrected chi connectivity index (χ0v) is 21.5. The number of nitrogens with zero attached hydrogens (tertiary/aromatic N) is 2. The Bertz CT molecular complexity index is 1120. The van der Waals surface area contributed by atoms with E-state index in [2.05, 4.69) is 58.2 Å². The van der Waals surface area contributed by atoms with Gasteiger partial charge in [0.15, 0.2) is 0 Å². The van der Waals surface area contributed by atoms with Gasteiger partial charge in [-0.05, 0) is 48.9 Å². The van der Waals surface area contributed by atoms with Gasteiger partial charge in [0.1, 0.15) is 0 Å². The Kier molecular flexibility index (Phi) is 8.33. The van der Waals surface area contributed by atoms with Crippen molar-refractivity contribution in [1.29, 1.82) is 0 Å². The molecule has 1 aromatic heterocycles. The number of carbonyl (C=O) groups is 2. The number of hydrogen-bond acceptors (Lipinski definition) is 5. The number of thiophene rings is 1. The van der Waals surface area contributed by atoms with Crippen molar-refractivity contribution in [3.8, 4) is 0 Å². The van der Waals surface area contributed by atoms with E-state index in [0.29, 0.717) is 32.7 Å². The second-order valence-corrected chi connectivity index (χ2v) is 10.2. The largest absolute Gasteiger partial charge is 0.339 e. The van der Waals surface area contributed by atoms with Crippen molar-refractivity contribution < 1.29 is 9.59 Å². The number of benzene rings is 2. The lowest BCUT2D eigenvalue weighted by atomic mass is 10.0. The predicted octanol–water partition coefficient (Wildman–Crippen LogP) is 4.14. The van der Waals surface area contributed by atoms with E-state index in [-0.39, 0.29) is 24.4 Å². The van der Waals surface area contributed by atoms with Gasteiger partial charge in [0.2, 0.25) is 11.8 Å². The van der Waals surface area contributed by atoms with E-state index in [0.717, 1.165) is 22.4 Å². The van der Waals surface area contributed by atoms with Gasteiger partial charge >= 0.3 is 0 Å². The average Bonchev–Trinajstić information content (AvgIpc) is 3.38. The summed E-state index contributed by atoms with van der Waals surface area (Å²) in [7, 11) is 0. The van der Waals surface area contributed by atoms with Crippen molar-refractivity contribution in [2.24, 2.45) is 0 Å². The molecule has 7 heteroatoms. The van der Waals surface area contributed by atoms with Gasteiger partial charge in [-0.2, -0.15) is 0 Å². The molecular weight excluding hydrogens is 456 g/mol. The highest BCUT2D eigenvalue weighted by molar-refractivity contribution is 7.10. The highest BCUT2D eigenvalue weighted by Gasteiger charge is 2.24. The first-order valence-electron chi connectivity index (χ1n) is 12.1. The Balaban J connectivity index is 1.27. The number of aryl methyl sites for hydroxylation is 3. The Labute approximate surface area is 212 Å². The van der Waals surface area contributed by atoms with E-state index in [1.807, 2.05) is 43.0 Å². The topological polar surface area (TPSA) is 64.7 Å². The number of hydrogen-bond donors (Lipinski definition) is 2. The van der Waals surface area contributed by atoms with Crippen LogP contribution in [-0.2, 0) is 9.59 Å². The van der Waals surface area contributed by atoms with Crippen LogP contribution >= 0.6 is 11.3 Å². The van der Waals surface area contributed by atoms with Gasteiger partial charge in [-0.3, -0.25) is 19.8 Å². The van der Waals surface area contributed by atoms with Crippen molar-refractivity contribution >= 4 is 28.8 Å². The number of para-hydroxylation sites is 1. The summed E-state index contributed by atoms with van der Waals surface area (Å²) in [6.07, 6.45) is 0. The molecule has 0 saturated carbocycles. The zero-order valence-electron chi connectivity index (χ0n) is 20.7. The smallest absolute Gasteiger partial charge is 0.238 e. The normalized spacial score (nSPS) is 15.1. The summed E-state index contributed by atoms with van der Waals surface area (Å²) in [5.41, 5.74) is 5.40. The summed E-state index contributed by atoms with van der Waals surface area (Å²) in [6, 6.07) is 18.6. The number of amides is 2. The van der Waals surface area contributed by atoms with Crippen molar-refractivity contribution in [1.82, 2.24) is 15.1 Å². The predicted molar refractivity (Wildman–Crippen MR) is 143 cm³/mol. The highest BCUT2D eigenvalue weighted by atomic mass is 32.1. The van der Waals surface area contributed by atoms with Gasteiger partial charge in [0.25, 0.3) is 0 Å². The van der Waals surface area contributed by atoms with Crippen LogP contribution in [0.5, 0.6) is 0 Å². The van der Waals surface area contributed by atoms with Crippen LogP contribution in [0.15, 0.2) is 60.0 Å². The van der Waals surface area contributed by atoms with Crippen LogP contribution in [-0.4, -0.2) is 60.9 Å². The summed E-state index contributed by atoms with van der Waals surface area (Å²) < 4.78 is 0. The molecule has 35 heavy (non-hydrogen) atoms. The van der Waals surface area contributed by atoms with E-state index < -0.39 is 0 Å². The second-order valence-electron chi connectivity index (χ2n) is 9.21. The summed E-state index contributed by atoms with van der Waals surface area (Å²) >= 11 is 1.69. The maximum atomic E-state index is 13.0. The Morgan fingerprint density at radius 2 is 1.60 bits per heavy atom. The fraction of sp³-hybridized carbons (Fsp3) is 0.357. The molecular formula is C28H34N4O2S. The minimum absolute atomic E-state index is 0.00515. The van der Waals surface area contributed by atoms with Gasteiger partial charge in [-0.15, -0.1) is 11.3 Å². The van der Waals surface area contributed by atoms with Crippen molar-refractivity contribution in [3.63, 3.8) is 0 Å². The molecule has 0 unspecified atom stereocenters. The van der Waals surface area contributed by atoms with Gasteiger partial charge in [0, 0.05) is 36.7 Å².